The van der Waals surface area contributed by atoms with Crippen LogP contribution in [0.2, 0.25) is 0 Å². The molecule has 162 valence electrons. The van der Waals surface area contributed by atoms with Crippen LogP contribution in [0.3, 0.4) is 0 Å². The molecule has 0 aromatic heterocycles. The van der Waals surface area contributed by atoms with E-state index in [1.54, 1.807) is 12.1 Å². The smallest absolute Gasteiger partial charge is 0.306 e. The molecule has 1 amide bonds. The fourth-order valence-corrected chi connectivity index (χ4v) is 5.16. The first-order valence-corrected chi connectivity index (χ1v) is 11.6. The molecule has 1 aliphatic rings. The van der Waals surface area contributed by atoms with E-state index in [1.807, 2.05) is 13.8 Å². The second kappa shape index (κ2) is 10.2. The summed E-state index contributed by atoms with van der Waals surface area (Å²) in [6, 6.07) is 6.07. The van der Waals surface area contributed by atoms with Crippen molar-refractivity contribution < 1.29 is 22.7 Å². The number of hydrogen-bond donors (Lipinski definition) is 1. The molecule has 8 heteroatoms. The van der Waals surface area contributed by atoms with Gasteiger partial charge in [-0.05, 0) is 54.9 Å². The number of amides is 1. The van der Waals surface area contributed by atoms with Crippen molar-refractivity contribution in [2.45, 2.75) is 51.9 Å². The molecule has 29 heavy (non-hydrogen) atoms. The summed E-state index contributed by atoms with van der Waals surface area (Å²) in [4.78, 5) is 23.7. The number of sulfonamides is 1. The van der Waals surface area contributed by atoms with E-state index in [1.165, 1.54) is 16.4 Å². The van der Waals surface area contributed by atoms with E-state index in [0.717, 1.165) is 6.42 Å². The fraction of sp³-hybridized carbons (Fsp3) is 0.619. The molecule has 0 spiro atoms. The molecule has 1 aromatic rings. The fourth-order valence-electron chi connectivity index (χ4n) is 3.48. The van der Waals surface area contributed by atoms with E-state index >= 15 is 0 Å². The van der Waals surface area contributed by atoms with Gasteiger partial charge in [-0.2, -0.15) is 4.31 Å². The normalized spacial score (nSPS) is 20.4. The number of rotatable bonds is 8. The van der Waals surface area contributed by atoms with Gasteiger partial charge in [-0.1, -0.05) is 27.7 Å². The highest BCUT2D eigenvalue weighted by Crippen LogP contribution is 2.27. The van der Waals surface area contributed by atoms with Crippen LogP contribution in [-0.2, 0) is 24.3 Å². The molecular weight excluding hydrogens is 392 g/mol. The summed E-state index contributed by atoms with van der Waals surface area (Å²) >= 11 is 0. The Morgan fingerprint density at radius 1 is 1.14 bits per heavy atom. The van der Waals surface area contributed by atoms with E-state index in [9.17, 15) is 18.0 Å². The minimum Gasteiger partial charge on any atom is -0.456 e. The number of carbonyl (C=O) groups is 2. The molecule has 0 aliphatic carbocycles. The number of ether oxygens (including phenoxy) is 1. The third kappa shape index (κ3) is 7.12. The summed E-state index contributed by atoms with van der Waals surface area (Å²) in [5.41, 5.74) is 0.451. The predicted molar refractivity (Wildman–Crippen MR) is 112 cm³/mol. The number of nitrogens with zero attached hydrogens (tertiary/aromatic N) is 1. The topological polar surface area (TPSA) is 92.8 Å². The average Bonchev–Trinajstić information content (AvgIpc) is 2.64. The maximum atomic E-state index is 12.9. The van der Waals surface area contributed by atoms with E-state index in [4.69, 9.17) is 4.74 Å². The zero-order valence-electron chi connectivity index (χ0n) is 17.7. The zero-order valence-corrected chi connectivity index (χ0v) is 18.5. The summed E-state index contributed by atoms with van der Waals surface area (Å²) in [5, 5.41) is 2.61. The summed E-state index contributed by atoms with van der Waals surface area (Å²) in [6.45, 7) is 8.83. The molecule has 1 N–H and O–H groups in total. The minimum absolute atomic E-state index is 0.205. The van der Waals surface area contributed by atoms with Gasteiger partial charge in [-0.15, -0.1) is 0 Å². The SMILES string of the molecule is CC(C)CCC(=O)OCC(=O)Nc1ccc(S(=O)(=O)N2C[C@H](C)C[C@H](C)C2)cc1. The Balaban J connectivity index is 1.91. The first kappa shape index (κ1) is 23.3. The van der Waals surface area contributed by atoms with Gasteiger partial charge in [0, 0.05) is 25.2 Å². The van der Waals surface area contributed by atoms with E-state index < -0.39 is 21.9 Å². The lowest BCUT2D eigenvalue weighted by atomic mass is 9.94. The van der Waals surface area contributed by atoms with Gasteiger partial charge in [0.25, 0.3) is 5.91 Å². The third-order valence-corrected chi connectivity index (χ3v) is 6.75. The molecule has 1 fully saturated rings. The van der Waals surface area contributed by atoms with Gasteiger partial charge in [0.1, 0.15) is 0 Å². The summed E-state index contributed by atoms with van der Waals surface area (Å²) in [7, 11) is -3.56. The van der Waals surface area contributed by atoms with E-state index in [2.05, 4.69) is 19.2 Å². The molecule has 1 aliphatic heterocycles. The highest BCUT2D eigenvalue weighted by Gasteiger charge is 2.31. The summed E-state index contributed by atoms with van der Waals surface area (Å²) in [6.07, 6.45) is 2.02. The van der Waals surface area contributed by atoms with E-state index in [0.29, 0.717) is 43.0 Å². The second-order valence-electron chi connectivity index (χ2n) is 8.43. The Morgan fingerprint density at radius 3 is 2.28 bits per heavy atom. The van der Waals surface area contributed by atoms with Gasteiger partial charge in [0.15, 0.2) is 6.61 Å². The highest BCUT2D eigenvalue weighted by atomic mass is 32.2. The molecule has 1 aromatic carbocycles. The number of hydrogen-bond acceptors (Lipinski definition) is 5. The molecule has 0 radical (unpaired) electrons. The van der Waals surface area contributed by atoms with Crippen molar-refractivity contribution in [3.63, 3.8) is 0 Å². The molecule has 0 saturated carbocycles. The number of esters is 1. The summed E-state index contributed by atoms with van der Waals surface area (Å²) < 4.78 is 32.2. The predicted octanol–water partition coefficient (Wildman–Crippen LogP) is 3.27. The monoisotopic (exact) mass is 424 g/mol. The van der Waals surface area contributed by atoms with Crippen molar-refractivity contribution >= 4 is 27.6 Å². The van der Waals surface area contributed by atoms with Crippen LogP contribution >= 0.6 is 0 Å². The van der Waals surface area contributed by atoms with Gasteiger partial charge >= 0.3 is 5.97 Å². The number of benzene rings is 1. The van der Waals surface area contributed by atoms with Crippen LogP contribution in [0, 0.1) is 17.8 Å². The van der Waals surface area contributed by atoms with Gasteiger partial charge in [0.05, 0.1) is 4.90 Å². The molecule has 7 nitrogen and oxygen atoms in total. The van der Waals surface area contributed by atoms with Crippen molar-refractivity contribution in [1.29, 1.82) is 0 Å². The molecule has 0 bridgehead atoms. The number of carbonyl (C=O) groups excluding carboxylic acids is 2. The third-order valence-electron chi connectivity index (χ3n) is 4.90. The number of anilines is 1. The van der Waals surface area contributed by atoms with Crippen LogP contribution in [0.5, 0.6) is 0 Å². The summed E-state index contributed by atoms with van der Waals surface area (Å²) in [5.74, 6) is 0.186. The lowest BCUT2D eigenvalue weighted by molar-refractivity contribution is -0.147. The Hall–Kier alpha value is -1.93. The molecule has 2 atom stereocenters. The van der Waals surface area contributed by atoms with Crippen LogP contribution in [0.15, 0.2) is 29.2 Å². The maximum absolute atomic E-state index is 12.9. The maximum Gasteiger partial charge on any atom is 0.306 e. The van der Waals surface area contributed by atoms with Crippen LogP contribution in [-0.4, -0.2) is 44.3 Å². The number of piperidine rings is 1. The first-order chi connectivity index (χ1) is 13.6. The lowest BCUT2D eigenvalue weighted by Crippen LogP contribution is -2.42. The minimum atomic E-state index is -3.56. The van der Waals surface area contributed by atoms with Crippen molar-refractivity contribution in [2.75, 3.05) is 25.0 Å². The van der Waals surface area contributed by atoms with Crippen molar-refractivity contribution in [3.05, 3.63) is 24.3 Å². The lowest BCUT2D eigenvalue weighted by Gasteiger charge is -2.34. The Kier molecular flexibility index (Phi) is 8.22. The standard InChI is InChI=1S/C21H32N2O5S/c1-15(2)5-10-21(25)28-14-20(24)22-18-6-8-19(9-7-18)29(26,27)23-12-16(3)11-17(4)13-23/h6-9,15-17H,5,10-14H2,1-4H3,(H,22,24)/t16-,17+. The first-order valence-electron chi connectivity index (χ1n) is 10.1. The van der Waals surface area contributed by atoms with Gasteiger partial charge in [-0.3, -0.25) is 9.59 Å². The van der Waals surface area contributed by atoms with Crippen LogP contribution in [0.1, 0.15) is 47.0 Å². The van der Waals surface area contributed by atoms with Gasteiger partial charge in [0.2, 0.25) is 10.0 Å². The molecular formula is C21H32N2O5S. The Morgan fingerprint density at radius 2 is 1.72 bits per heavy atom. The molecule has 1 saturated heterocycles. The quantitative estimate of drug-likeness (QED) is 0.647. The van der Waals surface area contributed by atoms with Crippen molar-refractivity contribution in [1.82, 2.24) is 4.31 Å². The molecule has 2 rings (SSSR count). The highest BCUT2D eigenvalue weighted by molar-refractivity contribution is 7.89. The van der Waals surface area contributed by atoms with Crippen LogP contribution in [0.4, 0.5) is 5.69 Å². The van der Waals surface area contributed by atoms with Crippen molar-refractivity contribution in [3.8, 4) is 0 Å². The van der Waals surface area contributed by atoms with Gasteiger partial charge in [-0.25, -0.2) is 8.42 Å². The van der Waals surface area contributed by atoms with E-state index in [-0.39, 0.29) is 17.9 Å². The Labute approximate surface area is 173 Å². The largest absolute Gasteiger partial charge is 0.456 e. The Bertz CT molecular complexity index is 795. The zero-order chi connectivity index (χ0) is 21.6. The molecule has 1 heterocycles. The second-order valence-corrected chi connectivity index (χ2v) is 10.4. The van der Waals surface area contributed by atoms with Crippen LogP contribution in [0.25, 0.3) is 0 Å². The molecule has 0 unspecified atom stereocenters. The van der Waals surface area contributed by atoms with Gasteiger partial charge < -0.3 is 10.1 Å². The van der Waals surface area contributed by atoms with Crippen molar-refractivity contribution in [2.24, 2.45) is 17.8 Å². The average molecular weight is 425 g/mol. The van der Waals surface area contributed by atoms with Crippen LogP contribution < -0.4 is 5.32 Å². The number of nitrogens with one attached hydrogen (secondary N) is 1.